The third-order valence-electron chi connectivity index (χ3n) is 7.01. The Kier molecular flexibility index (Phi) is 5.48. The number of fused-ring (bicyclic) bond motifs is 3. The summed E-state index contributed by atoms with van der Waals surface area (Å²) in [5, 5.41) is 1.36. The van der Waals surface area contributed by atoms with Crippen LogP contribution in [0.5, 0.6) is 0 Å². The lowest BCUT2D eigenvalue weighted by atomic mass is 9.64. The smallest absolute Gasteiger partial charge is 0.415 e. The second-order valence-electron chi connectivity index (χ2n) is 10.4. The molecule has 1 amide bonds. The number of nitrogens with zero attached hydrogens (tertiary/aromatic N) is 1. The van der Waals surface area contributed by atoms with Gasteiger partial charge in [0.15, 0.2) is 5.54 Å². The predicted octanol–water partition coefficient (Wildman–Crippen LogP) is 5.22. The van der Waals surface area contributed by atoms with Gasteiger partial charge in [0.25, 0.3) is 0 Å². The topological polar surface area (TPSA) is 55.8 Å². The minimum Gasteiger partial charge on any atom is -0.464 e. The number of carbonyl (C=O) groups excluding carboxylic acids is 2. The standard InChI is InChI=1S/C26H33NO4Si/c1-7-30-23(28)26-17-21(32(5,6)18-13-9-8-10-14-18)22(26)19-15-11-12-16-20(19)27(26)24(29)31-25(2,3)4/h8-16,21-22H,7,17H2,1-6H3/t21-,22?,26-/m1/s1. The molecule has 32 heavy (non-hydrogen) atoms. The van der Waals surface area contributed by atoms with Crippen molar-refractivity contribution in [3.63, 3.8) is 0 Å². The van der Waals surface area contributed by atoms with Gasteiger partial charge in [-0.2, -0.15) is 0 Å². The monoisotopic (exact) mass is 451 g/mol. The first-order valence-electron chi connectivity index (χ1n) is 11.4. The Balaban J connectivity index is 1.84. The molecule has 1 saturated carbocycles. The molecule has 0 radical (unpaired) electrons. The lowest BCUT2D eigenvalue weighted by Crippen LogP contribution is -2.70. The van der Waals surface area contributed by atoms with Crippen molar-refractivity contribution >= 4 is 31.0 Å². The van der Waals surface area contributed by atoms with Crippen molar-refractivity contribution in [3.05, 3.63) is 60.2 Å². The van der Waals surface area contributed by atoms with E-state index in [1.165, 1.54) is 5.19 Å². The van der Waals surface area contributed by atoms with Gasteiger partial charge in [-0.3, -0.25) is 4.90 Å². The van der Waals surface area contributed by atoms with Gasteiger partial charge in [-0.25, -0.2) is 9.59 Å². The molecule has 6 heteroatoms. The summed E-state index contributed by atoms with van der Waals surface area (Å²) in [6.45, 7) is 12.3. The summed E-state index contributed by atoms with van der Waals surface area (Å²) >= 11 is 0. The van der Waals surface area contributed by atoms with Gasteiger partial charge in [-0.1, -0.05) is 66.8 Å². The van der Waals surface area contributed by atoms with Crippen LogP contribution in [-0.2, 0) is 14.3 Å². The Morgan fingerprint density at radius 2 is 1.69 bits per heavy atom. The van der Waals surface area contributed by atoms with Gasteiger partial charge >= 0.3 is 12.1 Å². The molecule has 0 bridgehead atoms. The van der Waals surface area contributed by atoms with Crippen molar-refractivity contribution in [1.82, 2.24) is 0 Å². The van der Waals surface area contributed by atoms with Crippen LogP contribution in [0.25, 0.3) is 0 Å². The van der Waals surface area contributed by atoms with E-state index in [9.17, 15) is 9.59 Å². The molecule has 1 heterocycles. The highest BCUT2D eigenvalue weighted by molar-refractivity contribution is 6.91. The highest BCUT2D eigenvalue weighted by atomic mass is 28.3. The molecule has 1 fully saturated rings. The second kappa shape index (κ2) is 7.76. The van der Waals surface area contributed by atoms with Gasteiger partial charge in [-0.05, 0) is 51.3 Å². The molecule has 1 aliphatic heterocycles. The molecule has 2 aliphatic rings. The van der Waals surface area contributed by atoms with E-state index in [0.717, 1.165) is 11.3 Å². The summed E-state index contributed by atoms with van der Waals surface area (Å²) in [6, 6.07) is 18.5. The Morgan fingerprint density at radius 1 is 1.06 bits per heavy atom. The molecule has 4 rings (SSSR count). The normalized spacial score (nSPS) is 24.2. The Hall–Kier alpha value is -2.60. The van der Waals surface area contributed by atoms with Crippen LogP contribution in [0.3, 0.4) is 0 Å². The number of hydrogen-bond acceptors (Lipinski definition) is 4. The predicted molar refractivity (Wildman–Crippen MR) is 129 cm³/mol. The SMILES string of the molecule is CCOC(=O)[C@@]12C[C@@H]([Si](C)(C)c3ccccc3)C1c1ccccc1N2C(=O)OC(C)(C)C. The van der Waals surface area contributed by atoms with Crippen LogP contribution < -0.4 is 10.1 Å². The fraction of sp³-hybridized carbons (Fsp3) is 0.462. The van der Waals surface area contributed by atoms with Gasteiger partial charge in [0.1, 0.15) is 5.60 Å². The van der Waals surface area contributed by atoms with E-state index in [1.807, 2.05) is 52.0 Å². The quantitative estimate of drug-likeness (QED) is 0.473. The number of anilines is 1. The first-order chi connectivity index (χ1) is 15.0. The molecule has 1 aliphatic carbocycles. The average molecular weight is 452 g/mol. The third kappa shape index (κ3) is 3.36. The molecular weight excluding hydrogens is 418 g/mol. The second-order valence-corrected chi connectivity index (χ2v) is 15.2. The van der Waals surface area contributed by atoms with E-state index in [2.05, 4.69) is 43.4 Å². The molecule has 0 spiro atoms. The Bertz CT molecular complexity index is 1030. The van der Waals surface area contributed by atoms with Crippen LogP contribution in [0, 0.1) is 0 Å². The number of esters is 1. The van der Waals surface area contributed by atoms with E-state index in [-0.39, 0.29) is 18.5 Å². The maximum absolute atomic E-state index is 13.5. The van der Waals surface area contributed by atoms with E-state index in [0.29, 0.717) is 12.0 Å². The number of carbonyl (C=O) groups is 2. The molecular formula is C26H33NO4Si. The summed E-state index contributed by atoms with van der Waals surface area (Å²) in [4.78, 5) is 28.6. The zero-order valence-corrected chi connectivity index (χ0v) is 20.8. The first kappa shape index (κ1) is 22.6. The molecule has 2 aromatic carbocycles. The van der Waals surface area contributed by atoms with Crippen molar-refractivity contribution in [3.8, 4) is 0 Å². The van der Waals surface area contributed by atoms with Crippen molar-refractivity contribution in [2.24, 2.45) is 0 Å². The molecule has 5 nitrogen and oxygen atoms in total. The van der Waals surface area contributed by atoms with Gasteiger partial charge < -0.3 is 9.47 Å². The molecule has 0 N–H and O–H groups in total. The summed E-state index contributed by atoms with van der Waals surface area (Å²) in [5.74, 6) is -0.437. The first-order valence-corrected chi connectivity index (χ1v) is 14.5. The van der Waals surface area contributed by atoms with Crippen LogP contribution in [0.1, 0.15) is 45.6 Å². The van der Waals surface area contributed by atoms with Crippen LogP contribution in [-0.4, -0.2) is 37.9 Å². The van der Waals surface area contributed by atoms with E-state index in [1.54, 1.807) is 4.90 Å². The van der Waals surface area contributed by atoms with Gasteiger partial charge in [0, 0.05) is 5.92 Å². The molecule has 3 atom stereocenters. The zero-order chi connectivity index (χ0) is 23.3. The molecule has 170 valence electrons. The van der Waals surface area contributed by atoms with Crippen LogP contribution in [0.4, 0.5) is 10.5 Å². The third-order valence-corrected chi connectivity index (χ3v) is 11.2. The van der Waals surface area contributed by atoms with Crippen LogP contribution in [0.2, 0.25) is 18.6 Å². The van der Waals surface area contributed by atoms with Gasteiger partial charge in [0.2, 0.25) is 0 Å². The lowest BCUT2D eigenvalue weighted by Gasteiger charge is -2.56. The van der Waals surface area contributed by atoms with Crippen molar-refractivity contribution in [2.45, 2.75) is 69.8 Å². The van der Waals surface area contributed by atoms with E-state index in [4.69, 9.17) is 9.47 Å². The highest BCUT2D eigenvalue weighted by Crippen LogP contribution is 2.67. The van der Waals surface area contributed by atoms with Crippen LogP contribution >= 0.6 is 0 Å². The maximum atomic E-state index is 13.5. The Morgan fingerprint density at radius 3 is 2.31 bits per heavy atom. The van der Waals surface area contributed by atoms with Crippen molar-refractivity contribution in [2.75, 3.05) is 11.5 Å². The minimum absolute atomic E-state index is 0.104. The number of para-hydroxylation sites is 1. The zero-order valence-electron chi connectivity index (χ0n) is 19.8. The lowest BCUT2D eigenvalue weighted by molar-refractivity contribution is -0.154. The Labute approximate surface area is 191 Å². The van der Waals surface area contributed by atoms with Crippen molar-refractivity contribution in [1.29, 1.82) is 0 Å². The number of ether oxygens (including phenoxy) is 2. The summed E-state index contributed by atoms with van der Waals surface area (Å²) in [6.07, 6.45) is 0.0940. The summed E-state index contributed by atoms with van der Waals surface area (Å²) in [5.41, 5.74) is 0.384. The molecule has 0 saturated heterocycles. The molecule has 0 aromatic heterocycles. The minimum atomic E-state index is -1.96. The number of hydrogen-bond donors (Lipinski definition) is 0. The maximum Gasteiger partial charge on any atom is 0.415 e. The van der Waals surface area contributed by atoms with E-state index < -0.39 is 25.3 Å². The fourth-order valence-electron chi connectivity index (χ4n) is 5.51. The summed E-state index contributed by atoms with van der Waals surface area (Å²) < 4.78 is 11.4. The van der Waals surface area contributed by atoms with Gasteiger partial charge in [-0.15, -0.1) is 0 Å². The van der Waals surface area contributed by atoms with Crippen molar-refractivity contribution < 1.29 is 19.1 Å². The molecule has 2 aromatic rings. The number of amides is 1. The fourth-order valence-corrected chi connectivity index (χ4v) is 9.10. The van der Waals surface area contributed by atoms with E-state index >= 15 is 0 Å². The average Bonchev–Trinajstić information content (AvgIpc) is 2.92. The largest absolute Gasteiger partial charge is 0.464 e. The highest BCUT2D eigenvalue weighted by Gasteiger charge is 2.72. The van der Waals surface area contributed by atoms with Gasteiger partial charge in [0.05, 0.1) is 20.4 Å². The van der Waals surface area contributed by atoms with Crippen LogP contribution in [0.15, 0.2) is 54.6 Å². The number of rotatable bonds is 4. The summed E-state index contributed by atoms with van der Waals surface area (Å²) in [7, 11) is -1.96. The molecule has 1 unspecified atom stereocenters. The number of benzene rings is 2.